The molecule has 4 rings (SSSR count). The van der Waals surface area contributed by atoms with Crippen LogP contribution in [-0.2, 0) is 0 Å². The van der Waals surface area contributed by atoms with Gasteiger partial charge in [-0.25, -0.2) is 0 Å². The zero-order valence-corrected chi connectivity index (χ0v) is 17.7. The monoisotopic (exact) mass is 393 g/mol. The molecule has 30 heavy (non-hydrogen) atoms. The highest BCUT2D eigenvalue weighted by molar-refractivity contribution is 5.78. The number of nitrogens with zero attached hydrogens (tertiary/aromatic N) is 3. The molecule has 0 aliphatic rings. The van der Waals surface area contributed by atoms with Gasteiger partial charge in [-0.3, -0.25) is 0 Å². The molecule has 0 radical (unpaired) electrons. The van der Waals surface area contributed by atoms with Crippen molar-refractivity contribution in [2.24, 2.45) is 0 Å². The predicted molar refractivity (Wildman–Crippen MR) is 130 cm³/mol. The number of anilines is 6. The van der Waals surface area contributed by atoms with Gasteiger partial charge >= 0.3 is 0 Å². The maximum absolute atomic E-state index is 2.24. The van der Waals surface area contributed by atoms with Gasteiger partial charge in [0.2, 0.25) is 0 Å². The van der Waals surface area contributed by atoms with Crippen molar-refractivity contribution in [3.05, 3.63) is 109 Å². The first-order valence-corrected chi connectivity index (χ1v) is 10.1. The second-order valence-electron chi connectivity index (χ2n) is 7.39. The Kier molecular flexibility index (Phi) is 5.71. The molecule has 4 aromatic carbocycles. The van der Waals surface area contributed by atoms with Crippen molar-refractivity contribution in [1.29, 1.82) is 0 Å². The molecule has 0 bridgehead atoms. The molecule has 3 heteroatoms. The van der Waals surface area contributed by atoms with Gasteiger partial charge in [0.15, 0.2) is 0 Å². The van der Waals surface area contributed by atoms with Crippen molar-refractivity contribution < 1.29 is 0 Å². The highest BCUT2D eigenvalue weighted by Gasteiger charge is 2.13. The molecule has 0 spiro atoms. The van der Waals surface area contributed by atoms with Crippen LogP contribution in [0.4, 0.5) is 34.1 Å². The highest BCUT2D eigenvalue weighted by atomic mass is 15.2. The second kappa shape index (κ2) is 8.75. The molecule has 3 nitrogen and oxygen atoms in total. The summed E-state index contributed by atoms with van der Waals surface area (Å²) in [4.78, 5) is 6.68. The SMILES string of the molecule is CN(c1ccccc1)c1cc(N(C)c2ccccc2)cc(N(C)c2ccccc2)c1. The lowest BCUT2D eigenvalue weighted by Crippen LogP contribution is -2.16. The van der Waals surface area contributed by atoms with E-state index >= 15 is 0 Å². The van der Waals surface area contributed by atoms with Crippen LogP contribution in [0.1, 0.15) is 0 Å². The molecule has 0 aliphatic carbocycles. The molecular weight excluding hydrogens is 366 g/mol. The maximum atomic E-state index is 2.24. The van der Waals surface area contributed by atoms with Gasteiger partial charge in [0.1, 0.15) is 0 Å². The van der Waals surface area contributed by atoms with E-state index in [0.29, 0.717) is 0 Å². The molecule has 150 valence electrons. The summed E-state index contributed by atoms with van der Waals surface area (Å²) in [7, 11) is 6.34. The van der Waals surface area contributed by atoms with E-state index in [0.717, 1.165) is 34.1 Å². The van der Waals surface area contributed by atoms with E-state index in [1.165, 1.54) is 0 Å². The molecule has 0 fully saturated rings. The Labute approximate surface area is 179 Å². The molecule has 0 aromatic heterocycles. The van der Waals surface area contributed by atoms with Crippen LogP contribution in [0.5, 0.6) is 0 Å². The average Bonchev–Trinajstić information content (AvgIpc) is 2.84. The van der Waals surface area contributed by atoms with Crippen molar-refractivity contribution >= 4 is 34.1 Å². The number of rotatable bonds is 6. The van der Waals surface area contributed by atoms with E-state index in [2.05, 4.69) is 127 Å². The minimum Gasteiger partial charge on any atom is -0.344 e. The maximum Gasteiger partial charge on any atom is 0.0449 e. The van der Waals surface area contributed by atoms with Gasteiger partial charge in [-0.1, -0.05) is 54.6 Å². The zero-order valence-electron chi connectivity index (χ0n) is 17.7. The van der Waals surface area contributed by atoms with Gasteiger partial charge in [-0.15, -0.1) is 0 Å². The Balaban J connectivity index is 1.79. The third-order valence-corrected chi connectivity index (χ3v) is 5.48. The van der Waals surface area contributed by atoms with Crippen LogP contribution < -0.4 is 14.7 Å². The van der Waals surface area contributed by atoms with E-state index in [-0.39, 0.29) is 0 Å². The highest BCUT2D eigenvalue weighted by Crippen LogP contribution is 2.36. The van der Waals surface area contributed by atoms with Crippen molar-refractivity contribution in [3.8, 4) is 0 Å². The topological polar surface area (TPSA) is 9.72 Å². The molecule has 0 aliphatic heterocycles. The van der Waals surface area contributed by atoms with E-state index < -0.39 is 0 Å². The fourth-order valence-corrected chi connectivity index (χ4v) is 3.56. The molecule has 0 amide bonds. The molecule has 4 aromatic rings. The molecule has 0 atom stereocenters. The van der Waals surface area contributed by atoms with Gasteiger partial charge in [-0.05, 0) is 54.6 Å². The Morgan fingerprint density at radius 1 is 0.333 bits per heavy atom. The average molecular weight is 394 g/mol. The van der Waals surface area contributed by atoms with Crippen molar-refractivity contribution in [3.63, 3.8) is 0 Å². The van der Waals surface area contributed by atoms with Gasteiger partial charge in [0, 0.05) is 55.3 Å². The smallest absolute Gasteiger partial charge is 0.0449 e. The van der Waals surface area contributed by atoms with E-state index in [1.54, 1.807) is 0 Å². The van der Waals surface area contributed by atoms with Crippen LogP contribution >= 0.6 is 0 Å². The Hall–Kier alpha value is -3.72. The first-order chi connectivity index (χ1) is 14.6. The number of hydrogen-bond donors (Lipinski definition) is 0. The van der Waals surface area contributed by atoms with Crippen LogP contribution in [0.15, 0.2) is 109 Å². The summed E-state index contributed by atoms with van der Waals surface area (Å²) in [5, 5.41) is 0. The Morgan fingerprint density at radius 3 is 0.800 bits per heavy atom. The third kappa shape index (κ3) is 4.15. The van der Waals surface area contributed by atoms with Crippen LogP contribution in [-0.4, -0.2) is 21.1 Å². The van der Waals surface area contributed by atoms with E-state index in [1.807, 2.05) is 18.2 Å². The Morgan fingerprint density at radius 2 is 0.567 bits per heavy atom. The summed E-state index contributed by atoms with van der Waals surface area (Å²) in [5.41, 5.74) is 6.89. The lowest BCUT2D eigenvalue weighted by atomic mass is 10.1. The van der Waals surface area contributed by atoms with Crippen molar-refractivity contribution in [2.75, 3.05) is 35.8 Å². The van der Waals surface area contributed by atoms with E-state index in [9.17, 15) is 0 Å². The largest absolute Gasteiger partial charge is 0.344 e. The summed E-state index contributed by atoms with van der Waals surface area (Å²) in [6, 6.07) is 38.1. The first kappa shape index (κ1) is 19.6. The number of benzene rings is 4. The first-order valence-electron chi connectivity index (χ1n) is 10.1. The van der Waals surface area contributed by atoms with Crippen LogP contribution in [0.2, 0.25) is 0 Å². The van der Waals surface area contributed by atoms with Crippen LogP contribution in [0.3, 0.4) is 0 Å². The predicted octanol–water partition coefficient (Wildman–Crippen LogP) is 6.99. The second-order valence-corrected chi connectivity index (χ2v) is 7.39. The van der Waals surface area contributed by atoms with Crippen molar-refractivity contribution in [1.82, 2.24) is 0 Å². The lowest BCUT2D eigenvalue weighted by molar-refractivity contribution is 1.15. The van der Waals surface area contributed by atoms with Crippen LogP contribution in [0.25, 0.3) is 0 Å². The quantitative estimate of drug-likeness (QED) is 0.349. The third-order valence-electron chi connectivity index (χ3n) is 5.48. The van der Waals surface area contributed by atoms with Crippen molar-refractivity contribution in [2.45, 2.75) is 0 Å². The summed E-state index contributed by atoms with van der Waals surface area (Å²) >= 11 is 0. The summed E-state index contributed by atoms with van der Waals surface area (Å²) in [6.45, 7) is 0. The molecule has 0 unspecified atom stereocenters. The number of para-hydroxylation sites is 3. The number of hydrogen-bond acceptors (Lipinski definition) is 3. The van der Waals surface area contributed by atoms with Gasteiger partial charge < -0.3 is 14.7 Å². The molecule has 0 heterocycles. The molecule has 0 saturated heterocycles. The fraction of sp³-hybridized carbons (Fsp3) is 0.111. The Bertz CT molecular complexity index is 925. The van der Waals surface area contributed by atoms with Gasteiger partial charge in [0.05, 0.1) is 0 Å². The van der Waals surface area contributed by atoms with Gasteiger partial charge in [-0.2, -0.15) is 0 Å². The van der Waals surface area contributed by atoms with E-state index in [4.69, 9.17) is 0 Å². The molecule has 0 saturated carbocycles. The molecule has 0 N–H and O–H groups in total. The molecular formula is C27H27N3. The fourth-order valence-electron chi connectivity index (χ4n) is 3.56. The lowest BCUT2D eigenvalue weighted by Gasteiger charge is -2.28. The van der Waals surface area contributed by atoms with Gasteiger partial charge in [0.25, 0.3) is 0 Å². The summed E-state index contributed by atoms with van der Waals surface area (Å²) in [6.07, 6.45) is 0. The van der Waals surface area contributed by atoms with Crippen LogP contribution in [0, 0.1) is 0 Å². The standard InChI is InChI=1S/C27H27N3/c1-28(22-13-7-4-8-14-22)25-19-26(29(2)23-15-9-5-10-16-23)21-27(20-25)30(3)24-17-11-6-12-18-24/h4-21H,1-3H3. The summed E-state index contributed by atoms with van der Waals surface area (Å²) < 4.78 is 0. The zero-order chi connectivity index (χ0) is 20.9. The minimum absolute atomic E-state index is 1.14. The summed E-state index contributed by atoms with van der Waals surface area (Å²) in [5.74, 6) is 0. The minimum atomic E-state index is 1.14. The normalized spacial score (nSPS) is 10.5.